The highest BCUT2D eigenvalue weighted by molar-refractivity contribution is 6.21. The van der Waals surface area contributed by atoms with Crippen LogP contribution in [0.5, 0.6) is 0 Å². The Hall–Kier alpha value is -10.1. The topological polar surface area (TPSA) is 0 Å². The lowest BCUT2D eigenvalue weighted by atomic mass is 9.66. The SMILES string of the molecule is C1=CC(c2ccccc2)=CC(C2(C=C(C=C3c4ccc5ccccc5c4-c4c3ccc3ccccc43)C=C3c4ccc5ccccc5c4-c4c3ccc3ccccc43)c3ccc4ccccc4c3-c3c2ccc2ccccc32)C=C1. The normalized spacial score (nSPS) is 15.2. The van der Waals surface area contributed by atoms with Crippen LogP contribution in [-0.2, 0) is 5.41 Å². The zero-order valence-electron chi connectivity index (χ0n) is 43.9. The van der Waals surface area contributed by atoms with Crippen molar-refractivity contribution in [2.75, 3.05) is 0 Å². The number of benzene rings is 13. The quantitative estimate of drug-likeness (QED) is 0.161. The molecule has 0 bridgehead atoms. The number of fused-ring (bicyclic) bond motifs is 21. The lowest BCUT2D eigenvalue weighted by Crippen LogP contribution is -2.31. The molecule has 13 aromatic carbocycles. The van der Waals surface area contributed by atoms with Crippen LogP contribution in [0.3, 0.4) is 0 Å². The van der Waals surface area contributed by atoms with Gasteiger partial charge >= 0.3 is 0 Å². The summed E-state index contributed by atoms with van der Waals surface area (Å²) in [4.78, 5) is 0. The molecule has 0 heteroatoms. The van der Waals surface area contributed by atoms with E-state index in [1.165, 1.54) is 154 Å². The summed E-state index contributed by atoms with van der Waals surface area (Å²) < 4.78 is 0. The van der Waals surface area contributed by atoms with Crippen molar-refractivity contribution in [2.24, 2.45) is 5.92 Å². The molecule has 0 radical (unpaired) electrons. The van der Waals surface area contributed by atoms with Gasteiger partial charge in [-0.1, -0.05) is 285 Å². The lowest BCUT2D eigenvalue weighted by Gasteiger charge is -2.36. The Morgan fingerprint density at radius 1 is 0.312 bits per heavy atom. The first kappa shape index (κ1) is 44.9. The lowest BCUT2D eigenvalue weighted by molar-refractivity contribution is 0.557. The minimum atomic E-state index is -0.710. The molecule has 1 atom stereocenters. The maximum absolute atomic E-state index is 2.71. The minimum absolute atomic E-state index is 0.117. The van der Waals surface area contributed by atoms with Crippen LogP contribution in [0.1, 0.15) is 38.9 Å². The summed E-state index contributed by atoms with van der Waals surface area (Å²) in [6, 6.07) is 93.4. The van der Waals surface area contributed by atoms with Crippen molar-refractivity contribution in [2.45, 2.75) is 5.41 Å². The molecule has 0 aliphatic heterocycles. The molecule has 0 aromatic heterocycles. The predicted octanol–water partition coefficient (Wildman–Crippen LogP) is 20.8. The van der Waals surface area contributed by atoms with E-state index in [1.807, 2.05) is 0 Å². The Labute approximate surface area is 465 Å². The molecule has 0 heterocycles. The van der Waals surface area contributed by atoms with Crippen molar-refractivity contribution >= 4 is 81.4 Å². The van der Waals surface area contributed by atoms with Crippen LogP contribution in [0, 0.1) is 5.92 Å². The van der Waals surface area contributed by atoms with Crippen LogP contribution in [0.25, 0.3) is 115 Å². The van der Waals surface area contributed by atoms with Gasteiger partial charge in [0.25, 0.3) is 0 Å². The Morgan fingerprint density at radius 2 is 0.650 bits per heavy atom. The van der Waals surface area contributed by atoms with Crippen molar-refractivity contribution in [3.05, 3.63) is 342 Å². The van der Waals surface area contributed by atoms with E-state index in [9.17, 15) is 0 Å². The molecule has 0 N–H and O–H groups in total. The molecule has 80 heavy (non-hydrogen) atoms. The molecule has 0 saturated carbocycles. The van der Waals surface area contributed by atoms with E-state index in [-0.39, 0.29) is 5.92 Å². The minimum Gasteiger partial charge on any atom is -0.0760 e. The van der Waals surface area contributed by atoms with Gasteiger partial charge in [0.1, 0.15) is 0 Å². The smallest absolute Gasteiger partial charge is 0.0500 e. The van der Waals surface area contributed by atoms with Crippen molar-refractivity contribution < 1.29 is 0 Å². The van der Waals surface area contributed by atoms with Gasteiger partial charge in [-0.2, -0.15) is 0 Å². The maximum atomic E-state index is 2.71. The van der Waals surface area contributed by atoms with Gasteiger partial charge in [-0.05, 0) is 171 Å². The van der Waals surface area contributed by atoms with Crippen molar-refractivity contribution in [3.63, 3.8) is 0 Å². The Kier molecular flexibility index (Phi) is 9.79. The van der Waals surface area contributed by atoms with Crippen molar-refractivity contribution in [3.8, 4) is 33.4 Å². The van der Waals surface area contributed by atoms with E-state index < -0.39 is 5.41 Å². The molecule has 0 nitrogen and oxygen atoms in total. The van der Waals surface area contributed by atoms with Gasteiger partial charge in [0.2, 0.25) is 0 Å². The van der Waals surface area contributed by atoms with Gasteiger partial charge in [-0.15, -0.1) is 0 Å². The zero-order valence-corrected chi connectivity index (χ0v) is 43.9. The number of rotatable bonds is 5. The van der Waals surface area contributed by atoms with Gasteiger partial charge in [-0.3, -0.25) is 0 Å². The number of hydrogen-bond donors (Lipinski definition) is 0. The first-order valence-electron chi connectivity index (χ1n) is 28.1. The van der Waals surface area contributed by atoms with Gasteiger partial charge in [0, 0.05) is 5.92 Å². The highest BCUT2D eigenvalue weighted by atomic mass is 14.5. The molecular formula is C80H50. The largest absolute Gasteiger partial charge is 0.0760 e. The second kappa shape index (κ2) is 17.4. The van der Waals surface area contributed by atoms with Gasteiger partial charge < -0.3 is 0 Å². The summed E-state index contributed by atoms with van der Waals surface area (Å²) in [5, 5.41) is 15.1. The zero-order chi connectivity index (χ0) is 52.5. The Bertz CT molecular complexity index is 4600. The average Bonchev–Trinajstić information content (AvgIpc) is 4.25. The van der Waals surface area contributed by atoms with Crippen LogP contribution in [0.4, 0.5) is 0 Å². The molecule has 0 saturated heterocycles. The fourth-order valence-corrected chi connectivity index (χ4v) is 14.7. The highest BCUT2D eigenvalue weighted by Gasteiger charge is 2.48. The van der Waals surface area contributed by atoms with E-state index in [0.29, 0.717) is 0 Å². The van der Waals surface area contributed by atoms with Crippen LogP contribution in [0.2, 0.25) is 0 Å². The monoisotopic (exact) mass is 1010 g/mol. The molecule has 4 aliphatic carbocycles. The first-order valence-corrected chi connectivity index (χ1v) is 28.1. The molecule has 0 amide bonds. The summed E-state index contributed by atoms with van der Waals surface area (Å²) >= 11 is 0. The molecule has 13 aromatic rings. The molecule has 370 valence electrons. The molecule has 0 spiro atoms. The summed E-state index contributed by atoms with van der Waals surface area (Å²) in [7, 11) is 0. The highest BCUT2D eigenvalue weighted by Crippen LogP contribution is 2.60. The van der Waals surface area contributed by atoms with Crippen LogP contribution in [-0.4, -0.2) is 0 Å². The third-order valence-corrected chi connectivity index (χ3v) is 18.1. The number of hydrogen-bond acceptors (Lipinski definition) is 0. The van der Waals surface area contributed by atoms with E-state index in [0.717, 1.165) is 5.57 Å². The molecule has 0 fully saturated rings. The number of allylic oxidation sites excluding steroid dienone is 10. The maximum Gasteiger partial charge on any atom is 0.0500 e. The fraction of sp³-hybridized carbons (Fsp3) is 0.0250. The van der Waals surface area contributed by atoms with Gasteiger partial charge in [0.15, 0.2) is 0 Å². The van der Waals surface area contributed by atoms with Crippen LogP contribution >= 0.6 is 0 Å². The summed E-state index contributed by atoms with van der Waals surface area (Å²) in [5.41, 5.74) is 20.8. The first-order chi connectivity index (χ1) is 39.7. The second-order valence-electron chi connectivity index (χ2n) is 22.1. The third-order valence-electron chi connectivity index (χ3n) is 18.1. The van der Waals surface area contributed by atoms with Gasteiger partial charge in [0.05, 0.1) is 5.41 Å². The molecular weight excluding hydrogens is 961 g/mol. The molecule has 4 aliphatic rings. The summed E-state index contributed by atoms with van der Waals surface area (Å²) in [6.07, 6.45) is 19.7. The fourth-order valence-electron chi connectivity index (χ4n) is 14.7. The average molecular weight is 1010 g/mol. The molecule has 17 rings (SSSR count). The Morgan fingerprint density at radius 3 is 1.04 bits per heavy atom. The summed E-state index contributed by atoms with van der Waals surface area (Å²) in [5.74, 6) is -0.117. The van der Waals surface area contributed by atoms with Crippen molar-refractivity contribution in [1.29, 1.82) is 0 Å². The van der Waals surface area contributed by atoms with E-state index in [1.54, 1.807) is 0 Å². The van der Waals surface area contributed by atoms with E-state index in [2.05, 4.69) is 297 Å². The van der Waals surface area contributed by atoms with Gasteiger partial charge in [-0.25, -0.2) is 0 Å². The van der Waals surface area contributed by atoms with Crippen LogP contribution < -0.4 is 0 Å². The third kappa shape index (κ3) is 6.51. The molecule has 1 unspecified atom stereocenters. The van der Waals surface area contributed by atoms with E-state index >= 15 is 0 Å². The Balaban J connectivity index is 1.05. The van der Waals surface area contributed by atoms with Crippen LogP contribution in [0.15, 0.2) is 303 Å². The predicted molar refractivity (Wildman–Crippen MR) is 340 cm³/mol. The van der Waals surface area contributed by atoms with Crippen molar-refractivity contribution in [1.82, 2.24) is 0 Å². The summed E-state index contributed by atoms with van der Waals surface area (Å²) in [6.45, 7) is 0. The second-order valence-corrected chi connectivity index (χ2v) is 22.1. The standard InChI is InChI=1S/C80H50/c1-2-18-51(19-3-1)58-26-4-11-27-59(48-58)80(72-44-38-56-24-9-16-32-64(56)78(72)79-65-33-17-10-25-57(65)39-45-73(79)80)49-50(46-70-66-40-34-52-20-5-12-28-60(52)74(66)75-61-29-13-6-21-53(61)35-41-67(70)75)47-71-68-42-36-54-22-7-14-30-62(54)76(68)77-63-31-15-8-23-55(63)37-43-69(71)77/h1-49,59H. The van der Waals surface area contributed by atoms with E-state index in [4.69, 9.17) is 0 Å².